The van der Waals surface area contributed by atoms with E-state index in [0.29, 0.717) is 30.1 Å². The van der Waals surface area contributed by atoms with Crippen molar-refractivity contribution >= 4 is 28.6 Å². The highest BCUT2D eigenvalue weighted by molar-refractivity contribution is 6.11. The van der Waals surface area contributed by atoms with Gasteiger partial charge in [0.2, 0.25) is 0 Å². The lowest BCUT2D eigenvalue weighted by molar-refractivity contribution is 0.0531. The molecule has 144 valence electrons. The first-order valence-electron chi connectivity index (χ1n) is 9.43. The van der Waals surface area contributed by atoms with Crippen LogP contribution in [0.25, 0.3) is 16.4 Å². The third-order valence-corrected chi connectivity index (χ3v) is 4.67. The topological polar surface area (TPSA) is 76.1 Å². The van der Waals surface area contributed by atoms with E-state index in [9.17, 15) is 10.1 Å². The number of aromatic nitrogens is 1. The number of pyridine rings is 1. The van der Waals surface area contributed by atoms with E-state index in [1.54, 1.807) is 19.2 Å². The van der Waals surface area contributed by atoms with E-state index < -0.39 is 0 Å². The lowest BCUT2D eigenvalue weighted by atomic mass is 10.1. The van der Waals surface area contributed by atoms with Crippen LogP contribution < -0.4 is 4.74 Å². The number of nitriles is 1. The Balaban J connectivity index is 1.82. The number of rotatable bonds is 4. The molecule has 0 fully saturated rings. The van der Waals surface area contributed by atoms with Gasteiger partial charge in [-0.25, -0.2) is 9.79 Å². The maximum Gasteiger partial charge on any atom is 0.340 e. The van der Waals surface area contributed by atoms with Gasteiger partial charge in [0.15, 0.2) is 5.70 Å². The number of hydrogen-bond donors (Lipinski definition) is 0. The average Bonchev–Trinajstić information content (AvgIpc) is 3.04. The summed E-state index contributed by atoms with van der Waals surface area (Å²) in [5, 5.41) is 10.2. The van der Waals surface area contributed by atoms with E-state index in [-0.39, 0.29) is 11.7 Å². The van der Waals surface area contributed by atoms with Gasteiger partial charge in [-0.2, -0.15) is 5.26 Å². The molecule has 3 heterocycles. The first kappa shape index (κ1) is 18.5. The summed E-state index contributed by atoms with van der Waals surface area (Å²) >= 11 is 0. The number of ether oxygens (including phenoxy) is 2. The zero-order valence-corrected chi connectivity index (χ0v) is 16.0. The van der Waals surface area contributed by atoms with Crippen LogP contribution >= 0.6 is 0 Å². The van der Waals surface area contributed by atoms with Gasteiger partial charge in [-0.15, -0.1) is 0 Å². The number of nitrogens with zero attached hydrogens (tertiary/aromatic N) is 3. The molecule has 4 rings (SSSR count). The van der Waals surface area contributed by atoms with Crippen LogP contribution in [0, 0.1) is 11.3 Å². The van der Waals surface area contributed by atoms with Crippen LogP contribution in [0.3, 0.4) is 0 Å². The molecule has 0 atom stereocenters. The van der Waals surface area contributed by atoms with Crippen LogP contribution in [-0.4, -0.2) is 23.2 Å². The fourth-order valence-corrected chi connectivity index (χ4v) is 3.41. The molecule has 1 aliphatic rings. The summed E-state index contributed by atoms with van der Waals surface area (Å²) in [6.45, 7) is 2.10. The Morgan fingerprint density at radius 3 is 3.00 bits per heavy atom. The number of aliphatic imine (C=N–C) groups is 1. The molecule has 0 saturated carbocycles. The van der Waals surface area contributed by atoms with Gasteiger partial charge in [0.25, 0.3) is 0 Å². The molecule has 0 bridgehead atoms. The summed E-state index contributed by atoms with van der Waals surface area (Å²) in [5.74, 6) is 0.757. The summed E-state index contributed by atoms with van der Waals surface area (Å²) in [4.78, 5) is 16.7. The van der Waals surface area contributed by atoms with Gasteiger partial charge < -0.3 is 13.9 Å². The van der Waals surface area contributed by atoms with Gasteiger partial charge >= 0.3 is 5.97 Å². The van der Waals surface area contributed by atoms with Crippen molar-refractivity contribution in [2.24, 2.45) is 4.99 Å². The number of benzene rings is 1. The first-order chi connectivity index (χ1) is 14.2. The molecule has 0 amide bonds. The number of carbonyl (C=O) groups excluding carboxylic acids is 1. The SMILES string of the molecule is CCOC(=O)c1c2ccc(OC3=C(C#N)N=CC=CCC3)cc2n2ccccc12. The Kier molecular flexibility index (Phi) is 5.12. The molecule has 2 aromatic heterocycles. The summed E-state index contributed by atoms with van der Waals surface area (Å²) in [5.41, 5.74) is 2.40. The molecule has 0 unspecified atom stereocenters. The molecule has 0 spiro atoms. The minimum absolute atomic E-state index is 0.265. The predicted octanol–water partition coefficient (Wildman–Crippen LogP) is 4.80. The van der Waals surface area contributed by atoms with Crippen molar-refractivity contribution in [3.63, 3.8) is 0 Å². The molecule has 0 radical (unpaired) electrons. The Morgan fingerprint density at radius 1 is 1.28 bits per heavy atom. The van der Waals surface area contributed by atoms with E-state index >= 15 is 0 Å². The predicted molar refractivity (Wildman–Crippen MR) is 111 cm³/mol. The molecule has 6 nitrogen and oxygen atoms in total. The van der Waals surface area contributed by atoms with E-state index in [0.717, 1.165) is 22.8 Å². The Bertz CT molecular complexity index is 1230. The molecule has 1 aliphatic heterocycles. The van der Waals surface area contributed by atoms with Gasteiger partial charge in [0.1, 0.15) is 17.6 Å². The number of allylic oxidation sites excluding steroid dienone is 4. The van der Waals surface area contributed by atoms with Crippen LogP contribution in [0.15, 0.2) is 71.2 Å². The van der Waals surface area contributed by atoms with Crippen molar-refractivity contribution in [2.45, 2.75) is 19.8 Å². The van der Waals surface area contributed by atoms with Gasteiger partial charge in [0.05, 0.1) is 23.2 Å². The number of esters is 1. The molecule has 0 saturated heterocycles. The van der Waals surface area contributed by atoms with Gasteiger partial charge in [-0.05, 0) is 43.7 Å². The van der Waals surface area contributed by atoms with E-state index in [1.807, 2.05) is 53.1 Å². The monoisotopic (exact) mass is 385 g/mol. The first-order valence-corrected chi connectivity index (χ1v) is 9.43. The molecule has 1 aromatic carbocycles. The second kappa shape index (κ2) is 8.03. The largest absolute Gasteiger partial charge is 0.462 e. The Labute approximate surface area is 168 Å². The summed E-state index contributed by atoms with van der Waals surface area (Å²) in [6.07, 6.45) is 8.64. The molecule has 0 aliphatic carbocycles. The Hall–Kier alpha value is -3.85. The van der Waals surface area contributed by atoms with Crippen LogP contribution in [0.5, 0.6) is 5.75 Å². The van der Waals surface area contributed by atoms with Crippen molar-refractivity contribution in [3.05, 3.63) is 71.8 Å². The molecular weight excluding hydrogens is 366 g/mol. The highest BCUT2D eigenvalue weighted by atomic mass is 16.5. The third-order valence-electron chi connectivity index (χ3n) is 4.67. The highest BCUT2D eigenvalue weighted by Crippen LogP contribution is 2.31. The summed E-state index contributed by atoms with van der Waals surface area (Å²) < 4.78 is 13.2. The second-order valence-electron chi connectivity index (χ2n) is 6.46. The number of carbonyl (C=O) groups is 1. The van der Waals surface area contributed by atoms with Gasteiger partial charge in [-0.3, -0.25) is 0 Å². The average molecular weight is 385 g/mol. The zero-order valence-electron chi connectivity index (χ0n) is 16.0. The minimum atomic E-state index is -0.351. The highest BCUT2D eigenvalue weighted by Gasteiger charge is 2.20. The fraction of sp³-hybridized carbons (Fsp3) is 0.174. The standard InChI is InChI=1S/C23H19N3O3/c1-2-28-23(27)22-17-11-10-16(14-20(17)26-13-7-5-8-19(22)26)29-21-9-4-3-6-12-25-18(21)15-24/h3,5-8,10-14H,2,4,9H2,1H3. The quantitative estimate of drug-likeness (QED) is 0.604. The number of fused-ring (bicyclic) bond motifs is 3. The maximum atomic E-state index is 12.6. The Morgan fingerprint density at radius 2 is 2.17 bits per heavy atom. The van der Waals surface area contributed by atoms with Crippen LogP contribution in [-0.2, 0) is 4.74 Å². The minimum Gasteiger partial charge on any atom is -0.462 e. The summed E-state index contributed by atoms with van der Waals surface area (Å²) in [6, 6.07) is 13.3. The van der Waals surface area contributed by atoms with Crippen LogP contribution in [0.1, 0.15) is 30.1 Å². The smallest absolute Gasteiger partial charge is 0.340 e. The van der Waals surface area contributed by atoms with Crippen LogP contribution in [0.4, 0.5) is 0 Å². The van der Waals surface area contributed by atoms with Crippen LogP contribution in [0.2, 0.25) is 0 Å². The molecule has 29 heavy (non-hydrogen) atoms. The molecule has 3 aromatic rings. The van der Waals surface area contributed by atoms with Crippen molar-refractivity contribution in [1.29, 1.82) is 5.26 Å². The van der Waals surface area contributed by atoms with Crippen molar-refractivity contribution in [1.82, 2.24) is 4.40 Å². The fourth-order valence-electron chi connectivity index (χ4n) is 3.41. The molecular formula is C23H19N3O3. The zero-order chi connectivity index (χ0) is 20.2. The third kappa shape index (κ3) is 3.50. The van der Waals surface area contributed by atoms with Crippen molar-refractivity contribution < 1.29 is 14.3 Å². The van der Waals surface area contributed by atoms with Gasteiger partial charge in [0, 0.05) is 30.3 Å². The normalized spacial score (nSPS) is 13.9. The lowest BCUT2D eigenvalue weighted by Gasteiger charge is -2.11. The molecule has 0 N–H and O–H groups in total. The lowest BCUT2D eigenvalue weighted by Crippen LogP contribution is -2.04. The van der Waals surface area contributed by atoms with E-state index in [2.05, 4.69) is 11.1 Å². The van der Waals surface area contributed by atoms with E-state index in [1.165, 1.54) is 0 Å². The molecule has 6 heteroatoms. The van der Waals surface area contributed by atoms with Crippen molar-refractivity contribution in [2.75, 3.05) is 6.61 Å². The van der Waals surface area contributed by atoms with E-state index in [4.69, 9.17) is 9.47 Å². The number of hydrogen-bond acceptors (Lipinski definition) is 5. The summed E-state index contributed by atoms with van der Waals surface area (Å²) in [7, 11) is 0. The second-order valence-corrected chi connectivity index (χ2v) is 6.46. The van der Waals surface area contributed by atoms with Crippen molar-refractivity contribution in [3.8, 4) is 11.8 Å². The van der Waals surface area contributed by atoms with Gasteiger partial charge in [-0.1, -0.05) is 12.1 Å². The maximum absolute atomic E-state index is 12.6.